The van der Waals surface area contributed by atoms with E-state index < -0.39 is 0 Å². The van der Waals surface area contributed by atoms with E-state index in [0.29, 0.717) is 6.04 Å². The summed E-state index contributed by atoms with van der Waals surface area (Å²) in [7, 11) is 2.19. The Morgan fingerprint density at radius 2 is 2.38 bits per heavy atom. The molecular weight excluding hydrogens is 256 g/mol. The average molecular weight is 270 g/mol. The Morgan fingerprint density at radius 3 is 2.92 bits per heavy atom. The van der Waals surface area contributed by atoms with Gasteiger partial charge in [-0.2, -0.15) is 0 Å². The number of nitrogens with zero attached hydrogens (tertiary/aromatic N) is 2. The molecule has 2 heterocycles. The standard InChI is InChI=1S/C10H14N2.Ag/c1-12-7-3-5-10(12)9-4-2-6-11-8-9;/h2,4,6,8,10H,3,5,7H2,1H3;. The van der Waals surface area contributed by atoms with E-state index >= 15 is 0 Å². The zero-order valence-electron chi connectivity index (χ0n) is 7.70. The first kappa shape index (κ1) is 10.9. The van der Waals surface area contributed by atoms with Crippen molar-refractivity contribution in [2.45, 2.75) is 18.9 Å². The number of hydrogen-bond donors (Lipinski definition) is 0. The van der Waals surface area contributed by atoms with Crippen LogP contribution in [0.3, 0.4) is 0 Å². The van der Waals surface area contributed by atoms with Crippen LogP contribution in [-0.4, -0.2) is 23.5 Å². The third-order valence-corrected chi connectivity index (χ3v) is 2.59. The Morgan fingerprint density at radius 1 is 1.54 bits per heavy atom. The second-order valence-electron chi connectivity index (χ2n) is 3.42. The summed E-state index contributed by atoms with van der Waals surface area (Å²) < 4.78 is 0. The summed E-state index contributed by atoms with van der Waals surface area (Å²) >= 11 is 0. The van der Waals surface area contributed by atoms with Crippen molar-refractivity contribution in [3.63, 3.8) is 0 Å². The Bertz CT molecular complexity index is 250. The third kappa shape index (κ3) is 2.41. The smallest absolute Gasteiger partial charge is 0.0360 e. The number of hydrogen-bond acceptors (Lipinski definition) is 2. The van der Waals surface area contributed by atoms with Crippen LogP contribution in [0.2, 0.25) is 0 Å². The predicted molar refractivity (Wildman–Crippen MR) is 48.8 cm³/mol. The molecule has 0 bridgehead atoms. The number of aromatic nitrogens is 1. The van der Waals surface area contributed by atoms with E-state index in [2.05, 4.69) is 23.0 Å². The molecule has 1 aliphatic heterocycles. The second kappa shape index (κ2) is 4.91. The molecule has 0 spiro atoms. The molecule has 0 aliphatic carbocycles. The Kier molecular flexibility index (Phi) is 4.13. The molecule has 2 rings (SSSR count). The fraction of sp³-hybridized carbons (Fsp3) is 0.500. The Balaban J connectivity index is 0.000000845. The van der Waals surface area contributed by atoms with Crippen molar-refractivity contribution >= 4 is 0 Å². The maximum Gasteiger partial charge on any atom is 0.0360 e. The van der Waals surface area contributed by atoms with Gasteiger partial charge in [-0.1, -0.05) is 6.07 Å². The van der Waals surface area contributed by atoms with E-state index in [1.54, 1.807) is 0 Å². The van der Waals surface area contributed by atoms with Crippen LogP contribution in [0.25, 0.3) is 0 Å². The molecule has 2 nitrogen and oxygen atoms in total. The van der Waals surface area contributed by atoms with Crippen molar-refractivity contribution in [3.05, 3.63) is 30.1 Å². The van der Waals surface area contributed by atoms with Crippen molar-refractivity contribution < 1.29 is 22.4 Å². The summed E-state index contributed by atoms with van der Waals surface area (Å²) in [5.74, 6) is 0. The molecule has 1 saturated heterocycles. The second-order valence-corrected chi connectivity index (χ2v) is 3.42. The van der Waals surface area contributed by atoms with Crippen LogP contribution in [0, 0.1) is 0 Å². The minimum atomic E-state index is 0. The van der Waals surface area contributed by atoms with Gasteiger partial charge in [0.2, 0.25) is 0 Å². The van der Waals surface area contributed by atoms with Gasteiger partial charge in [-0.25, -0.2) is 0 Å². The Labute approximate surface area is 94.9 Å². The first-order valence-corrected chi connectivity index (χ1v) is 4.48. The molecule has 1 fully saturated rings. The molecule has 0 saturated carbocycles. The summed E-state index contributed by atoms with van der Waals surface area (Å²) in [5.41, 5.74) is 1.36. The quantitative estimate of drug-likeness (QED) is 0.724. The van der Waals surface area contributed by atoms with Crippen molar-refractivity contribution in [3.8, 4) is 0 Å². The molecule has 1 aliphatic rings. The third-order valence-electron chi connectivity index (χ3n) is 2.59. The van der Waals surface area contributed by atoms with Gasteiger partial charge in [0.25, 0.3) is 0 Å². The molecule has 75 valence electrons. The van der Waals surface area contributed by atoms with Crippen molar-refractivity contribution in [2.75, 3.05) is 13.6 Å². The van der Waals surface area contributed by atoms with Gasteiger partial charge >= 0.3 is 0 Å². The Hall–Kier alpha value is -0.150. The van der Waals surface area contributed by atoms with E-state index in [1.165, 1.54) is 24.9 Å². The molecule has 1 aromatic heterocycles. The normalized spacial score (nSPS) is 22.7. The summed E-state index contributed by atoms with van der Waals surface area (Å²) in [5, 5.41) is 0. The molecule has 0 amide bonds. The van der Waals surface area contributed by atoms with Crippen molar-refractivity contribution in [1.82, 2.24) is 9.88 Å². The number of pyridine rings is 1. The monoisotopic (exact) mass is 269 g/mol. The fourth-order valence-electron chi connectivity index (χ4n) is 1.90. The zero-order chi connectivity index (χ0) is 8.39. The van der Waals surface area contributed by atoms with E-state index in [0.717, 1.165) is 0 Å². The van der Waals surface area contributed by atoms with Crippen LogP contribution >= 0.6 is 0 Å². The minimum absolute atomic E-state index is 0. The molecule has 13 heavy (non-hydrogen) atoms. The maximum absolute atomic E-state index is 4.14. The zero-order valence-corrected chi connectivity index (χ0v) is 9.19. The van der Waals surface area contributed by atoms with Gasteiger partial charge in [-0.15, -0.1) is 0 Å². The topological polar surface area (TPSA) is 16.1 Å². The molecule has 1 unspecified atom stereocenters. The molecular formula is C10H14AgN2. The van der Waals surface area contributed by atoms with Crippen LogP contribution in [0.4, 0.5) is 0 Å². The van der Waals surface area contributed by atoms with E-state index in [-0.39, 0.29) is 22.4 Å². The van der Waals surface area contributed by atoms with E-state index in [1.807, 2.05) is 18.5 Å². The van der Waals surface area contributed by atoms with E-state index in [9.17, 15) is 0 Å². The summed E-state index contributed by atoms with van der Waals surface area (Å²) in [6.07, 6.45) is 6.41. The fourth-order valence-corrected chi connectivity index (χ4v) is 1.90. The summed E-state index contributed by atoms with van der Waals surface area (Å²) in [6, 6.07) is 4.79. The molecule has 1 atom stereocenters. The van der Waals surface area contributed by atoms with Crippen LogP contribution in [0.1, 0.15) is 24.4 Å². The van der Waals surface area contributed by atoms with Gasteiger partial charge in [-0.3, -0.25) is 9.88 Å². The van der Waals surface area contributed by atoms with Crippen LogP contribution in [0.15, 0.2) is 24.5 Å². The predicted octanol–water partition coefficient (Wildman–Crippen LogP) is 1.85. The van der Waals surface area contributed by atoms with Gasteiger partial charge in [0.1, 0.15) is 0 Å². The van der Waals surface area contributed by atoms with Crippen molar-refractivity contribution in [1.29, 1.82) is 0 Å². The molecule has 1 aromatic rings. The molecule has 3 heteroatoms. The van der Waals surface area contributed by atoms with E-state index in [4.69, 9.17) is 0 Å². The SMILES string of the molecule is CN1CCCC1c1cccnc1.[Ag]. The van der Waals surface area contributed by atoms with Crippen LogP contribution < -0.4 is 0 Å². The number of likely N-dealkylation sites (tertiary alicyclic amines) is 1. The van der Waals surface area contributed by atoms with Gasteiger partial charge in [0.05, 0.1) is 0 Å². The average Bonchev–Trinajstić information content (AvgIpc) is 2.53. The maximum atomic E-state index is 4.14. The molecule has 0 N–H and O–H groups in total. The summed E-state index contributed by atoms with van der Waals surface area (Å²) in [4.78, 5) is 6.54. The van der Waals surface area contributed by atoms with Crippen LogP contribution in [-0.2, 0) is 22.4 Å². The minimum Gasteiger partial charge on any atom is -0.299 e. The van der Waals surface area contributed by atoms with Gasteiger partial charge in [0, 0.05) is 40.8 Å². The molecule has 1 radical (unpaired) electrons. The first-order valence-electron chi connectivity index (χ1n) is 4.48. The first-order chi connectivity index (χ1) is 5.88. The number of rotatable bonds is 1. The van der Waals surface area contributed by atoms with Gasteiger partial charge < -0.3 is 0 Å². The molecule has 0 aromatic carbocycles. The van der Waals surface area contributed by atoms with Crippen LogP contribution in [0.5, 0.6) is 0 Å². The van der Waals surface area contributed by atoms with Gasteiger partial charge in [0.15, 0.2) is 0 Å². The van der Waals surface area contributed by atoms with Gasteiger partial charge in [-0.05, 0) is 38.1 Å². The largest absolute Gasteiger partial charge is 0.299 e. The summed E-state index contributed by atoms with van der Waals surface area (Å²) in [6.45, 7) is 1.22. The van der Waals surface area contributed by atoms with Crippen molar-refractivity contribution in [2.24, 2.45) is 0 Å².